The summed E-state index contributed by atoms with van der Waals surface area (Å²) < 4.78 is 0. The van der Waals surface area contributed by atoms with Crippen LogP contribution in [0.1, 0.15) is 16.1 Å². The third-order valence-electron chi connectivity index (χ3n) is 3.17. The molecular formula is C17H13ClN2O. The molecular weight excluding hydrogens is 284 g/mol. The highest BCUT2D eigenvalue weighted by Crippen LogP contribution is 2.23. The highest BCUT2D eigenvalue weighted by atomic mass is 35.5. The molecule has 0 aliphatic heterocycles. The molecule has 0 aliphatic rings. The molecule has 3 aromatic rings. The van der Waals surface area contributed by atoms with Crippen molar-refractivity contribution < 1.29 is 4.79 Å². The van der Waals surface area contributed by atoms with Gasteiger partial charge >= 0.3 is 0 Å². The Labute approximate surface area is 127 Å². The van der Waals surface area contributed by atoms with E-state index < -0.39 is 0 Å². The van der Waals surface area contributed by atoms with Crippen molar-refractivity contribution in [1.29, 1.82) is 0 Å². The number of carbonyl (C=O) groups excluding carboxylic acids is 1. The molecule has 104 valence electrons. The van der Waals surface area contributed by atoms with Gasteiger partial charge in [0.05, 0.1) is 10.5 Å². The molecule has 1 aromatic heterocycles. The van der Waals surface area contributed by atoms with E-state index in [9.17, 15) is 4.79 Å². The van der Waals surface area contributed by atoms with Crippen LogP contribution in [-0.2, 0) is 0 Å². The number of carbonyl (C=O) groups is 1. The highest BCUT2D eigenvalue weighted by Gasteiger charge is 2.11. The number of hydrogen-bond acceptors (Lipinski definition) is 2. The van der Waals surface area contributed by atoms with Gasteiger partial charge in [0.25, 0.3) is 5.91 Å². The van der Waals surface area contributed by atoms with Crippen molar-refractivity contribution in [1.82, 2.24) is 4.98 Å². The zero-order chi connectivity index (χ0) is 14.8. The van der Waals surface area contributed by atoms with Crippen LogP contribution in [0.5, 0.6) is 0 Å². The molecule has 0 saturated heterocycles. The van der Waals surface area contributed by atoms with Crippen LogP contribution in [-0.4, -0.2) is 10.9 Å². The standard InChI is InChI=1S/C17H13ClN2O/c1-11-5-4-6-12(9-11)19-17(21)16-10-14(18)13-7-2-3-8-15(13)20-16/h2-10H,1H3,(H,19,21). The second kappa shape index (κ2) is 5.54. The molecule has 21 heavy (non-hydrogen) atoms. The second-order valence-corrected chi connectivity index (χ2v) is 5.24. The monoisotopic (exact) mass is 296 g/mol. The van der Waals surface area contributed by atoms with Gasteiger partial charge in [-0.05, 0) is 36.8 Å². The van der Waals surface area contributed by atoms with Gasteiger partial charge < -0.3 is 5.32 Å². The van der Waals surface area contributed by atoms with Crippen LogP contribution in [0.15, 0.2) is 54.6 Å². The molecule has 0 spiro atoms. The van der Waals surface area contributed by atoms with Gasteiger partial charge in [0.2, 0.25) is 0 Å². The smallest absolute Gasteiger partial charge is 0.274 e. The summed E-state index contributed by atoms with van der Waals surface area (Å²) in [7, 11) is 0. The molecule has 0 bridgehead atoms. The Morgan fingerprint density at radius 3 is 2.71 bits per heavy atom. The lowest BCUT2D eigenvalue weighted by Crippen LogP contribution is -2.13. The summed E-state index contributed by atoms with van der Waals surface area (Å²) >= 11 is 6.21. The second-order valence-electron chi connectivity index (χ2n) is 4.83. The molecule has 0 unspecified atom stereocenters. The van der Waals surface area contributed by atoms with Crippen LogP contribution in [0, 0.1) is 6.92 Å². The molecule has 1 N–H and O–H groups in total. The number of hydrogen-bond donors (Lipinski definition) is 1. The van der Waals surface area contributed by atoms with E-state index in [1.807, 2.05) is 55.5 Å². The van der Waals surface area contributed by atoms with Crippen molar-refractivity contribution in [3.05, 3.63) is 70.9 Å². The summed E-state index contributed by atoms with van der Waals surface area (Å²) in [5.41, 5.74) is 2.84. The minimum Gasteiger partial charge on any atom is -0.321 e. The summed E-state index contributed by atoms with van der Waals surface area (Å²) in [6, 6.07) is 16.7. The molecule has 0 aliphatic carbocycles. The summed E-state index contributed by atoms with van der Waals surface area (Å²) in [5.74, 6) is -0.270. The highest BCUT2D eigenvalue weighted by molar-refractivity contribution is 6.35. The number of para-hydroxylation sites is 1. The maximum absolute atomic E-state index is 12.3. The average Bonchev–Trinajstić information content (AvgIpc) is 2.47. The first-order chi connectivity index (χ1) is 10.1. The molecule has 1 heterocycles. The average molecular weight is 297 g/mol. The maximum Gasteiger partial charge on any atom is 0.274 e. The van der Waals surface area contributed by atoms with E-state index >= 15 is 0 Å². The van der Waals surface area contributed by atoms with Crippen LogP contribution in [0.4, 0.5) is 5.69 Å². The molecule has 4 heteroatoms. The Kier molecular flexibility index (Phi) is 3.59. The minimum atomic E-state index is -0.270. The lowest BCUT2D eigenvalue weighted by atomic mass is 10.2. The number of nitrogens with one attached hydrogen (secondary N) is 1. The van der Waals surface area contributed by atoms with Crippen LogP contribution in [0.3, 0.4) is 0 Å². The van der Waals surface area contributed by atoms with Crippen LogP contribution < -0.4 is 5.32 Å². The van der Waals surface area contributed by atoms with Gasteiger partial charge in [-0.15, -0.1) is 0 Å². The number of amides is 1. The van der Waals surface area contributed by atoms with E-state index in [0.29, 0.717) is 16.2 Å². The van der Waals surface area contributed by atoms with E-state index in [1.54, 1.807) is 6.07 Å². The molecule has 0 atom stereocenters. The van der Waals surface area contributed by atoms with Crippen molar-refractivity contribution in [2.75, 3.05) is 5.32 Å². The van der Waals surface area contributed by atoms with Crippen molar-refractivity contribution in [3.8, 4) is 0 Å². The number of aromatic nitrogens is 1. The van der Waals surface area contributed by atoms with Gasteiger partial charge in [0.15, 0.2) is 0 Å². The number of nitrogens with zero attached hydrogens (tertiary/aromatic N) is 1. The zero-order valence-corrected chi connectivity index (χ0v) is 12.2. The number of rotatable bonds is 2. The van der Waals surface area contributed by atoms with Crippen LogP contribution in [0.25, 0.3) is 10.9 Å². The first-order valence-corrected chi connectivity index (χ1v) is 6.94. The van der Waals surface area contributed by atoms with Crippen molar-refractivity contribution in [2.24, 2.45) is 0 Å². The summed E-state index contributed by atoms with van der Waals surface area (Å²) in [6.07, 6.45) is 0. The van der Waals surface area contributed by atoms with Gasteiger partial charge in [-0.25, -0.2) is 4.98 Å². The predicted molar refractivity (Wildman–Crippen MR) is 85.9 cm³/mol. The van der Waals surface area contributed by atoms with Crippen LogP contribution in [0.2, 0.25) is 5.02 Å². The Morgan fingerprint density at radius 2 is 1.90 bits per heavy atom. The first-order valence-electron chi connectivity index (χ1n) is 6.57. The van der Waals surface area contributed by atoms with Crippen molar-refractivity contribution in [2.45, 2.75) is 6.92 Å². The molecule has 1 amide bonds. The fraction of sp³-hybridized carbons (Fsp3) is 0.0588. The normalized spacial score (nSPS) is 10.6. The zero-order valence-electron chi connectivity index (χ0n) is 11.4. The first kappa shape index (κ1) is 13.6. The molecule has 2 aromatic carbocycles. The third-order valence-corrected chi connectivity index (χ3v) is 3.49. The fourth-order valence-electron chi connectivity index (χ4n) is 2.17. The number of fused-ring (bicyclic) bond motifs is 1. The van der Waals surface area contributed by atoms with Gasteiger partial charge in [0, 0.05) is 11.1 Å². The van der Waals surface area contributed by atoms with Crippen molar-refractivity contribution >= 4 is 34.1 Å². The number of aryl methyl sites for hydroxylation is 1. The van der Waals surface area contributed by atoms with E-state index in [1.165, 1.54) is 0 Å². The Balaban J connectivity index is 1.94. The van der Waals surface area contributed by atoms with Gasteiger partial charge in [-0.1, -0.05) is 41.9 Å². The number of halogens is 1. The quantitative estimate of drug-likeness (QED) is 0.759. The van der Waals surface area contributed by atoms with E-state index in [0.717, 1.165) is 16.6 Å². The Hall–Kier alpha value is -2.39. The SMILES string of the molecule is Cc1cccc(NC(=O)c2cc(Cl)c3ccccc3n2)c1. The van der Waals surface area contributed by atoms with Crippen molar-refractivity contribution in [3.63, 3.8) is 0 Å². The number of benzene rings is 2. The Morgan fingerprint density at radius 1 is 1.10 bits per heavy atom. The van der Waals surface area contributed by atoms with Crippen LogP contribution >= 0.6 is 11.6 Å². The lowest BCUT2D eigenvalue weighted by molar-refractivity contribution is 0.102. The predicted octanol–water partition coefficient (Wildman–Crippen LogP) is 4.45. The van der Waals surface area contributed by atoms with E-state index in [-0.39, 0.29) is 5.91 Å². The molecule has 3 rings (SSSR count). The molecule has 0 fully saturated rings. The Bertz CT molecular complexity index is 830. The van der Waals surface area contributed by atoms with Gasteiger partial charge in [-0.3, -0.25) is 4.79 Å². The maximum atomic E-state index is 12.3. The molecule has 0 radical (unpaired) electrons. The van der Waals surface area contributed by atoms with E-state index in [4.69, 9.17) is 11.6 Å². The number of anilines is 1. The topological polar surface area (TPSA) is 42.0 Å². The van der Waals surface area contributed by atoms with E-state index in [2.05, 4.69) is 10.3 Å². The summed E-state index contributed by atoms with van der Waals surface area (Å²) in [4.78, 5) is 16.6. The van der Waals surface area contributed by atoms with Gasteiger partial charge in [-0.2, -0.15) is 0 Å². The lowest BCUT2D eigenvalue weighted by Gasteiger charge is -2.07. The van der Waals surface area contributed by atoms with Gasteiger partial charge in [0.1, 0.15) is 5.69 Å². The third kappa shape index (κ3) is 2.88. The minimum absolute atomic E-state index is 0.270. The largest absolute Gasteiger partial charge is 0.321 e. The fourth-order valence-corrected chi connectivity index (χ4v) is 2.43. The molecule has 0 saturated carbocycles. The summed E-state index contributed by atoms with van der Waals surface area (Å²) in [5, 5.41) is 4.19. The number of pyridine rings is 1. The molecule has 3 nitrogen and oxygen atoms in total. The summed E-state index contributed by atoms with van der Waals surface area (Å²) in [6.45, 7) is 1.97.